The predicted molar refractivity (Wildman–Crippen MR) is 84.4 cm³/mol. The summed E-state index contributed by atoms with van der Waals surface area (Å²) in [4.78, 5) is 30.5. The van der Waals surface area contributed by atoms with Crippen LogP contribution in [0.3, 0.4) is 0 Å². The molecule has 0 unspecified atom stereocenters. The molecule has 2 amide bonds. The number of amidine groups is 1. The van der Waals surface area contributed by atoms with Gasteiger partial charge < -0.3 is 5.32 Å². The number of carbonyl (C=O) groups is 2. The standard InChI is InChI=1S/C14H12ClN3O2S/c15-9-2-4-10(5-3-9)17-13(20)11-8-12(19)18-7-1-6-16-14(18)21-11/h2-5,8H,1,6-7H2,(H,17,20). The van der Waals surface area contributed by atoms with Crippen molar-refractivity contribution in [2.24, 2.45) is 4.99 Å². The van der Waals surface area contributed by atoms with E-state index >= 15 is 0 Å². The van der Waals surface area contributed by atoms with Crippen molar-refractivity contribution in [1.82, 2.24) is 4.90 Å². The van der Waals surface area contributed by atoms with Gasteiger partial charge in [-0.05, 0) is 42.4 Å². The van der Waals surface area contributed by atoms with Gasteiger partial charge in [-0.2, -0.15) is 0 Å². The molecule has 1 N–H and O–H groups in total. The Bertz CT molecular complexity index is 655. The summed E-state index contributed by atoms with van der Waals surface area (Å²) in [5, 5.41) is 3.95. The fourth-order valence-electron chi connectivity index (χ4n) is 2.03. The molecule has 0 radical (unpaired) electrons. The number of hydrogen-bond acceptors (Lipinski definition) is 4. The quantitative estimate of drug-likeness (QED) is 0.910. The van der Waals surface area contributed by atoms with E-state index in [2.05, 4.69) is 10.3 Å². The van der Waals surface area contributed by atoms with Crippen LogP contribution in [0.1, 0.15) is 6.42 Å². The summed E-state index contributed by atoms with van der Waals surface area (Å²) in [7, 11) is 0. The third-order valence-corrected chi connectivity index (χ3v) is 4.37. The van der Waals surface area contributed by atoms with Crippen molar-refractivity contribution in [3.63, 3.8) is 0 Å². The number of halogens is 1. The van der Waals surface area contributed by atoms with Gasteiger partial charge in [0.25, 0.3) is 11.8 Å². The normalized spacial score (nSPS) is 17.8. The van der Waals surface area contributed by atoms with E-state index < -0.39 is 0 Å². The third kappa shape index (κ3) is 3.11. The lowest BCUT2D eigenvalue weighted by atomic mass is 10.3. The summed E-state index contributed by atoms with van der Waals surface area (Å²) in [5.41, 5.74) is 0.631. The van der Waals surface area contributed by atoms with Crippen molar-refractivity contribution in [1.29, 1.82) is 0 Å². The minimum absolute atomic E-state index is 0.187. The topological polar surface area (TPSA) is 61.8 Å². The number of nitrogens with zero attached hydrogens (tertiary/aromatic N) is 2. The lowest BCUT2D eigenvalue weighted by Gasteiger charge is -2.29. The molecular formula is C14H12ClN3O2S. The van der Waals surface area contributed by atoms with E-state index in [1.54, 1.807) is 29.2 Å². The van der Waals surface area contributed by atoms with Crippen LogP contribution >= 0.6 is 23.4 Å². The largest absolute Gasteiger partial charge is 0.322 e. The average molecular weight is 322 g/mol. The molecule has 21 heavy (non-hydrogen) atoms. The van der Waals surface area contributed by atoms with Crippen molar-refractivity contribution in [2.75, 3.05) is 18.4 Å². The van der Waals surface area contributed by atoms with E-state index in [-0.39, 0.29) is 11.8 Å². The molecule has 2 aliphatic rings. The molecule has 5 nitrogen and oxygen atoms in total. The van der Waals surface area contributed by atoms with Crippen LogP contribution in [0.4, 0.5) is 5.69 Å². The molecule has 2 heterocycles. The zero-order valence-electron chi connectivity index (χ0n) is 11.0. The number of anilines is 1. The smallest absolute Gasteiger partial charge is 0.262 e. The lowest BCUT2D eigenvalue weighted by Crippen LogP contribution is -2.41. The number of nitrogens with one attached hydrogen (secondary N) is 1. The first kappa shape index (κ1) is 14.2. The number of benzene rings is 1. The summed E-state index contributed by atoms with van der Waals surface area (Å²) in [6, 6.07) is 6.80. The monoisotopic (exact) mass is 321 g/mol. The third-order valence-electron chi connectivity index (χ3n) is 3.07. The fraction of sp³-hybridized carbons (Fsp3) is 0.214. The fourth-order valence-corrected chi connectivity index (χ4v) is 3.11. The first-order valence-electron chi connectivity index (χ1n) is 6.46. The molecule has 0 aromatic heterocycles. The van der Waals surface area contributed by atoms with E-state index in [4.69, 9.17) is 11.6 Å². The average Bonchev–Trinajstić information content (AvgIpc) is 2.49. The second kappa shape index (κ2) is 5.91. The molecule has 0 spiro atoms. The van der Waals surface area contributed by atoms with Gasteiger partial charge in [0.1, 0.15) is 0 Å². The SMILES string of the molecule is O=C(Nc1ccc(Cl)cc1)C1=CC(=O)N2CCCN=C2S1. The number of carbonyl (C=O) groups excluding carboxylic acids is 2. The summed E-state index contributed by atoms with van der Waals surface area (Å²) in [5.74, 6) is -0.503. The predicted octanol–water partition coefficient (Wildman–Crippen LogP) is 2.50. The summed E-state index contributed by atoms with van der Waals surface area (Å²) >= 11 is 7.03. The number of rotatable bonds is 2. The molecule has 0 saturated carbocycles. The Morgan fingerprint density at radius 1 is 1.33 bits per heavy atom. The summed E-state index contributed by atoms with van der Waals surface area (Å²) in [6.07, 6.45) is 2.22. The van der Waals surface area contributed by atoms with Gasteiger partial charge in [-0.15, -0.1) is 0 Å². The summed E-state index contributed by atoms with van der Waals surface area (Å²) < 4.78 is 0. The maximum absolute atomic E-state index is 12.2. The Labute approximate surface area is 131 Å². The number of hydrogen-bond donors (Lipinski definition) is 1. The van der Waals surface area contributed by atoms with Crippen LogP contribution in [0.25, 0.3) is 0 Å². The van der Waals surface area contributed by atoms with E-state index in [0.717, 1.165) is 6.42 Å². The van der Waals surface area contributed by atoms with Gasteiger partial charge in [-0.3, -0.25) is 19.5 Å². The zero-order valence-corrected chi connectivity index (χ0v) is 12.6. The number of amides is 2. The molecular weight excluding hydrogens is 310 g/mol. The van der Waals surface area contributed by atoms with Gasteiger partial charge in [0.2, 0.25) is 0 Å². The zero-order chi connectivity index (χ0) is 14.8. The van der Waals surface area contributed by atoms with Crippen LogP contribution in [-0.2, 0) is 9.59 Å². The Morgan fingerprint density at radius 2 is 2.10 bits per heavy atom. The van der Waals surface area contributed by atoms with Gasteiger partial charge in [0.15, 0.2) is 5.17 Å². The van der Waals surface area contributed by atoms with Crippen LogP contribution in [0.15, 0.2) is 40.2 Å². The van der Waals surface area contributed by atoms with Crippen LogP contribution in [0.2, 0.25) is 5.02 Å². The molecule has 3 rings (SSSR count). The highest BCUT2D eigenvalue weighted by molar-refractivity contribution is 8.18. The number of thioether (sulfide) groups is 1. The van der Waals surface area contributed by atoms with Gasteiger partial charge in [0, 0.05) is 29.9 Å². The second-order valence-electron chi connectivity index (χ2n) is 4.58. The highest BCUT2D eigenvalue weighted by atomic mass is 35.5. The van der Waals surface area contributed by atoms with Crippen molar-refractivity contribution in [3.8, 4) is 0 Å². The number of fused-ring (bicyclic) bond motifs is 1. The van der Waals surface area contributed by atoms with Crippen LogP contribution < -0.4 is 5.32 Å². The minimum Gasteiger partial charge on any atom is -0.322 e. The first-order valence-corrected chi connectivity index (χ1v) is 7.65. The van der Waals surface area contributed by atoms with E-state index in [1.807, 2.05) is 0 Å². The van der Waals surface area contributed by atoms with E-state index in [9.17, 15) is 9.59 Å². The van der Waals surface area contributed by atoms with Gasteiger partial charge in [0.05, 0.1) is 4.91 Å². The highest BCUT2D eigenvalue weighted by Gasteiger charge is 2.30. The molecule has 0 bridgehead atoms. The first-order chi connectivity index (χ1) is 10.1. The van der Waals surface area contributed by atoms with Crippen molar-refractivity contribution in [2.45, 2.75) is 6.42 Å². The molecule has 0 aliphatic carbocycles. The van der Waals surface area contributed by atoms with Gasteiger partial charge in [-0.1, -0.05) is 11.6 Å². The van der Waals surface area contributed by atoms with Crippen LogP contribution in [0.5, 0.6) is 0 Å². The van der Waals surface area contributed by atoms with Crippen LogP contribution in [0, 0.1) is 0 Å². The Balaban J connectivity index is 1.76. The van der Waals surface area contributed by atoms with Crippen LogP contribution in [-0.4, -0.2) is 35.0 Å². The molecule has 0 saturated heterocycles. The molecule has 2 aliphatic heterocycles. The van der Waals surface area contributed by atoms with Crippen molar-refractivity contribution < 1.29 is 9.59 Å². The Hall–Kier alpha value is -1.79. The molecule has 108 valence electrons. The lowest BCUT2D eigenvalue weighted by molar-refractivity contribution is -0.123. The molecule has 1 aromatic rings. The second-order valence-corrected chi connectivity index (χ2v) is 6.02. The maximum atomic E-state index is 12.2. The highest BCUT2D eigenvalue weighted by Crippen LogP contribution is 2.28. The Morgan fingerprint density at radius 3 is 2.86 bits per heavy atom. The molecule has 7 heteroatoms. The van der Waals surface area contributed by atoms with E-state index in [1.165, 1.54) is 17.8 Å². The maximum Gasteiger partial charge on any atom is 0.262 e. The van der Waals surface area contributed by atoms with Gasteiger partial charge >= 0.3 is 0 Å². The molecule has 1 aromatic carbocycles. The minimum atomic E-state index is -0.316. The van der Waals surface area contributed by atoms with Gasteiger partial charge in [-0.25, -0.2) is 0 Å². The van der Waals surface area contributed by atoms with E-state index in [0.29, 0.717) is 33.9 Å². The van der Waals surface area contributed by atoms with Crippen molar-refractivity contribution >= 4 is 46.0 Å². The Kier molecular flexibility index (Phi) is 3.98. The van der Waals surface area contributed by atoms with Crippen molar-refractivity contribution in [3.05, 3.63) is 40.3 Å². The number of aliphatic imine (C=N–C) groups is 1. The molecule has 0 atom stereocenters. The summed E-state index contributed by atoms with van der Waals surface area (Å²) in [6.45, 7) is 1.35. The molecule has 0 fully saturated rings.